The van der Waals surface area contributed by atoms with Gasteiger partial charge in [-0.2, -0.15) is 0 Å². The second-order valence-corrected chi connectivity index (χ2v) is 3.11. The molecule has 0 saturated carbocycles. The van der Waals surface area contributed by atoms with Crippen LogP contribution < -0.4 is 0 Å². The summed E-state index contributed by atoms with van der Waals surface area (Å²) in [5, 5.41) is 0. The first kappa shape index (κ1) is 15.5. The van der Waals surface area contributed by atoms with E-state index in [1.165, 1.54) is 30.5 Å². The van der Waals surface area contributed by atoms with E-state index in [-0.39, 0.29) is 11.0 Å². The number of nitrogens with zero attached hydrogens (tertiary/aromatic N) is 1. The average Bonchev–Trinajstić information content (AvgIpc) is 2.09. The van der Waals surface area contributed by atoms with Gasteiger partial charge in [0, 0.05) is 11.9 Å². The van der Waals surface area contributed by atoms with E-state index in [2.05, 4.69) is 24.9 Å². The fourth-order valence-corrected chi connectivity index (χ4v) is 1.43. The molecule has 82 valence electrons. The third-order valence-corrected chi connectivity index (χ3v) is 1.99. The van der Waals surface area contributed by atoms with Crippen molar-refractivity contribution in [3.63, 3.8) is 0 Å². The van der Waals surface area contributed by atoms with Gasteiger partial charge in [-0.25, -0.2) is 0 Å². The fourth-order valence-electron chi connectivity index (χ4n) is 1.43. The molecule has 0 atom stereocenters. The quantitative estimate of drug-likeness (QED) is 0.720. The molecule has 1 rings (SSSR count). The molecule has 0 aliphatic carbocycles. The molecule has 1 aromatic rings. The summed E-state index contributed by atoms with van der Waals surface area (Å²) in [5.41, 5.74) is 2.73. The molecule has 0 aliphatic rings. The topological polar surface area (TPSA) is 75.9 Å². The highest BCUT2D eigenvalue weighted by Crippen LogP contribution is 2.09. The molecule has 4 N–H and O–H groups in total. The molecule has 0 fully saturated rings. The van der Waals surface area contributed by atoms with Gasteiger partial charge in [-0.05, 0) is 24.5 Å². The maximum absolute atomic E-state index is 4.39. The van der Waals surface area contributed by atoms with Gasteiger partial charge in [0.1, 0.15) is 0 Å². The minimum Gasteiger partial charge on any atom is -0.412 e. The van der Waals surface area contributed by atoms with Gasteiger partial charge in [-0.1, -0.05) is 32.8 Å². The minimum absolute atomic E-state index is 0. The van der Waals surface area contributed by atoms with E-state index >= 15 is 0 Å². The van der Waals surface area contributed by atoms with E-state index in [1.54, 1.807) is 0 Å². The van der Waals surface area contributed by atoms with Crippen LogP contribution in [0, 0.1) is 0 Å². The molecule has 0 aromatic carbocycles. The van der Waals surface area contributed by atoms with Crippen LogP contribution in [0.2, 0.25) is 0 Å². The van der Waals surface area contributed by atoms with E-state index in [4.69, 9.17) is 0 Å². The Balaban J connectivity index is 0. The molecule has 0 spiro atoms. The number of pyridine rings is 1. The zero-order valence-corrected chi connectivity index (χ0v) is 9.01. The zero-order chi connectivity index (χ0) is 8.81. The van der Waals surface area contributed by atoms with Crippen molar-refractivity contribution in [3.8, 4) is 0 Å². The fraction of sp³-hybridized carbons (Fsp3) is 0.545. The van der Waals surface area contributed by atoms with Crippen molar-refractivity contribution < 1.29 is 11.0 Å². The van der Waals surface area contributed by atoms with Crippen molar-refractivity contribution in [3.05, 3.63) is 29.6 Å². The first-order valence-corrected chi connectivity index (χ1v) is 4.81. The molecule has 1 aromatic heterocycles. The Kier molecular flexibility index (Phi) is 9.61. The Morgan fingerprint density at radius 1 is 1.07 bits per heavy atom. The minimum atomic E-state index is 0. The smallest absolute Gasteiger partial charge is 0.0435 e. The van der Waals surface area contributed by atoms with Crippen LogP contribution in [0.15, 0.2) is 18.3 Å². The summed E-state index contributed by atoms with van der Waals surface area (Å²) in [6.07, 6.45) is 6.58. The van der Waals surface area contributed by atoms with Gasteiger partial charge < -0.3 is 11.0 Å². The largest absolute Gasteiger partial charge is 0.412 e. The summed E-state index contributed by atoms with van der Waals surface area (Å²) in [6.45, 7) is 4.41. The molecule has 0 saturated heterocycles. The predicted octanol–water partition coefficient (Wildman–Crippen LogP) is 1.34. The second kappa shape index (κ2) is 8.66. The number of hydrogen-bond acceptors (Lipinski definition) is 1. The van der Waals surface area contributed by atoms with Crippen LogP contribution in [0.3, 0.4) is 0 Å². The third kappa shape index (κ3) is 4.35. The number of hydrogen-bond donors (Lipinski definition) is 0. The van der Waals surface area contributed by atoms with Crippen molar-refractivity contribution in [2.75, 3.05) is 0 Å². The highest BCUT2D eigenvalue weighted by atomic mass is 16.0. The molecule has 0 bridgehead atoms. The van der Waals surface area contributed by atoms with E-state index < -0.39 is 0 Å². The van der Waals surface area contributed by atoms with Crippen LogP contribution in [0.1, 0.15) is 37.9 Å². The summed E-state index contributed by atoms with van der Waals surface area (Å²) in [4.78, 5) is 4.39. The van der Waals surface area contributed by atoms with E-state index in [0.717, 1.165) is 6.42 Å². The molecule has 3 heteroatoms. The van der Waals surface area contributed by atoms with Crippen molar-refractivity contribution in [2.24, 2.45) is 0 Å². The summed E-state index contributed by atoms with van der Waals surface area (Å²) >= 11 is 0. The average molecular weight is 199 g/mol. The van der Waals surface area contributed by atoms with E-state index in [0.29, 0.717) is 0 Å². The molecular formula is C11H21NO2. The SMILES string of the molecule is CCCc1cccnc1CCC.O.O. The predicted molar refractivity (Wildman–Crippen MR) is 59.5 cm³/mol. The lowest BCUT2D eigenvalue weighted by Crippen LogP contribution is -1.96. The molecule has 0 radical (unpaired) electrons. The Hall–Kier alpha value is -0.930. The van der Waals surface area contributed by atoms with Gasteiger partial charge in [0.2, 0.25) is 0 Å². The molecular weight excluding hydrogens is 178 g/mol. The third-order valence-electron chi connectivity index (χ3n) is 1.99. The summed E-state index contributed by atoms with van der Waals surface area (Å²) in [6, 6.07) is 4.23. The zero-order valence-electron chi connectivity index (χ0n) is 9.01. The first-order chi connectivity index (χ1) is 5.88. The summed E-state index contributed by atoms with van der Waals surface area (Å²) in [5.74, 6) is 0. The monoisotopic (exact) mass is 199 g/mol. The van der Waals surface area contributed by atoms with Gasteiger partial charge in [-0.15, -0.1) is 0 Å². The van der Waals surface area contributed by atoms with Crippen molar-refractivity contribution >= 4 is 0 Å². The van der Waals surface area contributed by atoms with Crippen LogP contribution in [0.25, 0.3) is 0 Å². The number of aryl methyl sites for hydroxylation is 2. The van der Waals surface area contributed by atoms with Gasteiger partial charge in [-0.3, -0.25) is 4.98 Å². The Morgan fingerprint density at radius 2 is 1.71 bits per heavy atom. The van der Waals surface area contributed by atoms with E-state index in [9.17, 15) is 0 Å². The lowest BCUT2D eigenvalue weighted by Gasteiger charge is -2.04. The molecule has 0 amide bonds. The summed E-state index contributed by atoms with van der Waals surface area (Å²) < 4.78 is 0. The molecule has 0 aliphatic heterocycles. The lowest BCUT2D eigenvalue weighted by molar-refractivity contribution is 0.823. The van der Waals surface area contributed by atoms with Crippen LogP contribution in [0.4, 0.5) is 0 Å². The molecule has 1 heterocycles. The standard InChI is InChI=1S/C11H17N.2H2O/c1-3-6-10-8-5-9-12-11(10)7-4-2;;/h5,8-9H,3-4,6-7H2,1-2H3;2*1H2. The highest BCUT2D eigenvalue weighted by molar-refractivity contribution is 5.19. The van der Waals surface area contributed by atoms with Crippen LogP contribution in [-0.2, 0) is 12.8 Å². The second-order valence-electron chi connectivity index (χ2n) is 3.11. The van der Waals surface area contributed by atoms with Crippen LogP contribution >= 0.6 is 0 Å². The summed E-state index contributed by atoms with van der Waals surface area (Å²) in [7, 11) is 0. The Morgan fingerprint density at radius 3 is 2.29 bits per heavy atom. The van der Waals surface area contributed by atoms with Gasteiger partial charge in [0.05, 0.1) is 0 Å². The Labute approximate surface area is 85.8 Å². The molecule has 3 nitrogen and oxygen atoms in total. The maximum Gasteiger partial charge on any atom is 0.0435 e. The van der Waals surface area contributed by atoms with Crippen LogP contribution in [-0.4, -0.2) is 15.9 Å². The van der Waals surface area contributed by atoms with Gasteiger partial charge in [0.25, 0.3) is 0 Å². The van der Waals surface area contributed by atoms with E-state index in [1.807, 2.05) is 12.3 Å². The molecule has 14 heavy (non-hydrogen) atoms. The highest BCUT2D eigenvalue weighted by Gasteiger charge is 1.99. The van der Waals surface area contributed by atoms with Crippen molar-refractivity contribution in [1.82, 2.24) is 4.98 Å². The lowest BCUT2D eigenvalue weighted by atomic mass is 10.1. The number of aromatic nitrogens is 1. The Bertz CT molecular complexity index is 213. The molecule has 0 unspecified atom stereocenters. The van der Waals surface area contributed by atoms with Crippen molar-refractivity contribution in [2.45, 2.75) is 39.5 Å². The normalized spacial score (nSPS) is 8.71. The number of rotatable bonds is 4. The van der Waals surface area contributed by atoms with Gasteiger partial charge in [0.15, 0.2) is 0 Å². The van der Waals surface area contributed by atoms with Gasteiger partial charge >= 0.3 is 0 Å². The van der Waals surface area contributed by atoms with Crippen LogP contribution in [0.5, 0.6) is 0 Å². The van der Waals surface area contributed by atoms with Crippen molar-refractivity contribution in [1.29, 1.82) is 0 Å². The maximum atomic E-state index is 4.39. The first-order valence-electron chi connectivity index (χ1n) is 4.81.